The van der Waals surface area contributed by atoms with Gasteiger partial charge in [0.2, 0.25) is 0 Å². The first-order valence-electron chi connectivity index (χ1n) is 3.38. The number of H-pyrrole nitrogens is 1. The molecule has 0 aliphatic heterocycles. The number of anilines is 1. The zero-order chi connectivity index (χ0) is 8.55. The van der Waals surface area contributed by atoms with Gasteiger partial charge in [-0.2, -0.15) is 5.10 Å². The second kappa shape index (κ2) is 2.42. The number of aromatic nitrogens is 4. The molecule has 0 radical (unpaired) electrons. The van der Waals surface area contributed by atoms with Crippen LogP contribution >= 0.6 is 0 Å². The van der Waals surface area contributed by atoms with Gasteiger partial charge in [0, 0.05) is 0 Å². The maximum absolute atomic E-state index is 8.65. The molecular formula is C6H7N5O. The molecule has 0 saturated heterocycles. The number of aryl methyl sites for hydroxylation is 1. The van der Waals surface area contributed by atoms with E-state index >= 15 is 0 Å². The minimum atomic E-state index is 0.310. The fraction of sp³-hybridized carbons (Fsp3) is 0.167. The van der Waals surface area contributed by atoms with Crippen LogP contribution < -0.4 is 5.48 Å². The topological polar surface area (TPSA) is 86.7 Å². The molecule has 62 valence electrons. The quantitative estimate of drug-likeness (QED) is 0.534. The molecule has 6 heteroatoms. The van der Waals surface area contributed by atoms with E-state index in [1.54, 1.807) is 0 Å². The first kappa shape index (κ1) is 6.99. The average molecular weight is 165 g/mol. The largest absolute Gasteiger partial charge is 0.290 e. The van der Waals surface area contributed by atoms with Crippen LogP contribution in [-0.4, -0.2) is 25.4 Å². The second-order valence-corrected chi connectivity index (χ2v) is 2.38. The zero-order valence-electron chi connectivity index (χ0n) is 6.37. The molecule has 0 aliphatic carbocycles. The van der Waals surface area contributed by atoms with E-state index in [0.717, 1.165) is 5.69 Å². The maximum atomic E-state index is 8.65. The van der Waals surface area contributed by atoms with Crippen LogP contribution in [0.25, 0.3) is 11.0 Å². The Morgan fingerprint density at radius 2 is 2.25 bits per heavy atom. The third-order valence-corrected chi connectivity index (χ3v) is 1.62. The first-order valence-corrected chi connectivity index (χ1v) is 3.38. The molecule has 2 aromatic heterocycles. The van der Waals surface area contributed by atoms with Crippen LogP contribution in [0.15, 0.2) is 6.33 Å². The van der Waals surface area contributed by atoms with E-state index in [2.05, 4.69) is 20.2 Å². The SMILES string of the molecule is Cc1[nH]nc2c(NO)ncnc12. The van der Waals surface area contributed by atoms with Gasteiger partial charge < -0.3 is 0 Å². The van der Waals surface area contributed by atoms with E-state index in [0.29, 0.717) is 16.9 Å². The lowest BCUT2D eigenvalue weighted by Crippen LogP contribution is -1.94. The number of hydrogen-bond acceptors (Lipinski definition) is 5. The Bertz CT molecular complexity index is 409. The average Bonchev–Trinajstić information content (AvgIpc) is 2.48. The third kappa shape index (κ3) is 0.817. The Kier molecular flexibility index (Phi) is 1.41. The smallest absolute Gasteiger partial charge is 0.181 e. The van der Waals surface area contributed by atoms with Gasteiger partial charge >= 0.3 is 0 Å². The van der Waals surface area contributed by atoms with Gasteiger partial charge in [0.15, 0.2) is 11.3 Å². The fourth-order valence-electron chi connectivity index (χ4n) is 1.03. The highest BCUT2D eigenvalue weighted by atomic mass is 16.5. The van der Waals surface area contributed by atoms with Crippen molar-refractivity contribution in [2.24, 2.45) is 0 Å². The molecule has 0 amide bonds. The molecular weight excluding hydrogens is 158 g/mol. The van der Waals surface area contributed by atoms with Crippen molar-refractivity contribution in [2.75, 3.05) is 5.48 Å². The molecule has 0 saturated carbocycles. The molecule has 2 rings (SSSR count). The van der Waals surface area contributed by atoms with Gasteiger partial charge in [0.05, 0.1) is 5.69 Å². The number of hydrogen-bond donors (Lipinski definition) is 3. The number of fused-ring (bicyclic) bond motifs is 1. The Balaban J connectivity index is 2.81. The standard InChI is InChI=1S/C6H7N5O/c1-3-4-5(10-9-3)6(11-12)8-2-7-4/h2,12H,1H3,(H,9,10)(H,7,8,11). The maximum Gasteiger partial charge on any atom is 0.181 e. The fourth-order valence-corrected chi connectivity index (χ4v) is 1.03. The number of nitrogens with one attached hydrogen (secondary N) is 2. The lowest BCUT2D eigenvalue weighted by Gasteiger charge is -1.95. The van der Waals surface area contributed by atoms with Crippen molar-refractivity contribution in [3.8, 4) is 0 Å². The number of aromatic amines is 1. The monoisotopic (exact) mass is 165 g/mol. The molecule has 0 aromatic carbocycles. The summed E-state index contributed by atoms with van der Waals surface area (Å²) < 4.78 is 0. The van der Waals surface area contributed by atoms with Crippen LogP contribution in [0.1, 0.15) is 5.69 Å². The molecule has 12 heavy (non-hydrogen) atoms. The molecule has 2 heterocycles. The van der Waals surface area contributed by atoms with Crippen molar-refractivity contribution in [3.05, 3.63) is 12.0 Å². The molecule has 3 N–H and O–H groups in total. The summed E-state index contributed by atoms with van der Waals surface area (Å²) in [5.41, 5.74) is 4.05. The highest BCUT2D eigenvalue weighted by Gasteiger charge is 2.07. The van der Waals surface area contributed by atoms with Crippen molar-refractivity contribution in [3.63, 3.8) is 0 Å². The highest BCUT2D eigenvalue weighted by molar-refractivity contribution is 5.85. The molecule has 0 unspecified atom stereocenters. The van der Waals surface area contributed by atoms with Crippen LogP contribution in [0.4, 0.5) is 5.82 Å². The van der Waals surface area contributed by atoms with Crippen molar-refractivity contribution < 1.29 is 5.21 Å². The number of nitrogens with zero attached hydrogens (tertiary/aromatic N) is 3. The summed E-state index contributed by atoms with van der Waals surface area (Å²) in [6.45, 7) is 1.85. The lowest BCUT2D eigenvalue weighted by molar-refractivity contribution is 0.386. The van der Waals surface area contributed by atoms with E-state index in [1.807, 2.05) is 12.4 Å². The van der Waals surface area contributed by atoms with Crippen LogP contribution in [0.3, 0.4) is 0 Å². The first-order chi connectivity index (χ1) is 5.83. The van der Waals surface area contributed by atoms with Gasteiger partial charge in [-0.1, -0.05) is 0 Å². The zero-order valence-corrected chi connectivity index (χ0v) is 6.37. The van der Waals surface area contributed by atoms with Gasteiger partial charge in [-0.15, -0.1) is 0 Å². The van der Waals surface area contributed by atoms with Gasteiger partial charge in [0.25, 0.3) is 0 Å². The molecule has 0 spiro atoms. The summed E-state index contributed by atoms with van der Waals surface area (Å²) >= 11 is 0. The van der Waals surface area contributed by atoms with Gasteiger partial charge in [-0.25, -0.2) is 9.97 Å². The summed E-state index contributed by atoms with van der Waals surface area (Å²) in [7, 11) is 0. The minimum absolute atomic E-state index is 0.310. The van der Waals surface area contributed by atoms with E-state index in [4.69, 9.17) is 5.21 Å². The highest BCUT2D eigenvalue weighted by Crippen LogP contribution is 2.17. The predicted octanol–water partition coefficient (Wildman–Crippen LogP) is 0.462. The van der Waals surface area contributed by atoms with Crippen molar-refractivity contribution in [1.29, 1.82) is 0 Å². The van der Waals surface area contributed by atoms with Crippen LogP contribution in [-0.2, 0) is 0 Å². The van der Waals surface area contributed by atoms with Crippen molar-refractivity contribution in [1.82, 2.24) is 20.2 Å². The summed E-state index contributed by atoms with van der Waals surface area (Å²) in [5, 5.41) is 15.3. The van der Waals surface area contributed by atoms with E-state index in [1.165, 1.54) is 6.33 Å². The summed E-state index contributed by atoms with van der Waals surface area (Å²) in [4.78, 5) is 7.78. The predicted molar refractivity (Wildman–Crippen MR) is 41.8 cm³/mol. The Labute approximate surface area is 67.6 Å². The minimum Gasteiger partial charge on any atom is -0.290 e. The summed E-state index contributed by atoms with van der Waals surface area (Å²) in [6.07, 6.45) is 1.36. The summed E-state index contributed by atoms with van der Waals surface area (Å²) in [5.74, 6) is 0.310. The number of rotatable bonds is 1. The van der Waals surface area contributed by atoms with E-state index < -0.39 is 0 Å². The normalized spacial score (nSPS) is 10.5. The third-order valence-electron chi connectivity index (χ3n) is 1.62. The van der Waals surface area contributed by atoms with Gasteiger partial charge in [-0.05, 0) is 6.92 Å². The molecule has 6 nitrogen and oxygen atoms in total. The second-order valence-electron chi connectivity index (χ2n) is 2.38. The van der Waals surface area contributed by atoms with Crippen LogP contribution in [0.2, 0.25) is 0 Å². The van der Waals surface area contributed by atoms with Gasteiger partial charge in [-0.3, -0.25) is 15.8 Å². The summed E-state index contributed by atoms with van der Waals surface area (Å²) in [6, 6.07) is 0. The molecule has 0 atom stereocenters. The molecule has 2 aromatic rings. The van der Waals surface area contributed by atoms with E-state index in [-0.39, 0.29) is 0 Å². The molecule has 0 aliphatic rings. The van der Waals surface area contributed by atoms with E-state index in [9.17, 15) is 0 Å². The van der Waals surface area contributed by atoms with Crippen LogP contribution in [0, 0.1) is 6.92 Å². The van der Waals surface area contributed by atoms with Crippen LogP contribution in [0.5, 0.6) is 0 Å². The molecule has 0 fully saturated rings. The Hall–Kier alpha value is -1.69. The lowest BCUT2D eigenvalue weighted by atomic mass is 10.3. The Morgan fingerprint density at radius 1 is 1.42 bits per heavy atom. The Morgan fingerprint density at radius 3 is 3.00 bits per heavy atom. The van der Waals surface area contributed by atoms with Gasteiger partial charge in [0.1, 0.15) is 11.8 Å². The molecule has 0 bridgehead atoms. The van der Waals surface area contributed by atoms with Crippen molar-refractivity contribution in [2.45, 2.75) is 6.92 Å². The van der Waals surface area contributed by atoms with Crippen molar-refractivity contribution >= 4 is 16.9 Å².